The Hall–Kier alpha value is -2.41. The number of amides is 1. The third-order valence-corrected chi connectivity index (χ3v) is 4.51. The number of halogens is 1. The molecule has 5 heteroatoms. The van der Waals surface area contributed by atoms with E-state index in [-0.39, 0.29) is 12.5 Å². The molecule has 0 aliphatic rings. The highest BCUT2D eigenvalue weighted by Gasteiger charge is 2.03. The van der Waals surface area contributed by atoms with Gasteiger partial charge in [0, 0.05) is 20.2 Å². The molecule has 0 unspecified atom stereocenters. The molecule has 3 aromatic rings. The van der Waals surface area contributed by atoms with Crippen LogP contribution in [0.1, 0.15) is 5.56 Å². The molecule has 1 amide bonds. The van der Waals surface area contributed by atoms with Crippen LogP contribution in [-0.4, -0.2) is 18.7 Å². The van der Waals surface area contributed by atoms with Crippen LogP contribution < -0.4 is 10.7 Å². The van der Waals surface area contributed by atoms with Gasteiger partial charge in [0.1, 0.15) is 0 Å². The normalized spacial score (nSPS) is 10.9. The van der Waals surface area contributed by atoms with Crippen LogP contribution in [0.15, 0.2) is 71.8 Å². The Bertz CT molecular complexity index is 887. The van der Waals surface area contributed by atoms with Gasteiger partial charge in [0.15, 0.2) is 0 Å². The van der Waals surface area contributed by atoms with Crippen molar-refractivity contribution in [2.75, 3.05) is 11.9 Å². The minimum absolute atomic E-state index is 0.164. The molecule has 24 heavy (non-hydrogen) atoms. The van der Waals surface area contributed by atoms with Gasteiger partial charge in [0.2, 0.25) is 0 Å². The van der Waals surface area contributed by atoms with Crippen molar-refractivity contribution in [3.63, 3.8) is 0 Å². The van der Waals surface area contributed by atoms with E-state index in [0.717, 1.165) is 25.6 Å². The van der Waals surface area contributed by atoms with E-state index in [0.29, 0.717) is 0 Å². The summed E-state index contributed by atoms with van der Waals surface area (Å²) in [7, 11) is 0. The summed E-state index contributed by atoms with van der Waals surface area (Å²) in [5.74, 6) is -0.190. The first-order chi connectivity index (χ1) is 11.7. The predicted octanol–water partition coefficient (Wildman–Crippen LogP) is 4.01. The number of benzene rings is 3. The Kier molecular flexibility index (Phi) is 5.43. The molecule has 0 spiro atoms. The number of hydrogen-bond donors (Lipinski definition) is 2. The summed E-state index contributed by atoms with van der Waals surface area (Å²) in [6.45, 7) is 0.164. The van der Waals surface area contributed by atoms with Crippen molar-refractivity contribution in [3.05, 3.63) is 75.9 Å². The zero-order valence-electron chi connectivity index (χ0n) is 12.9. The van der Waals surface area contributed by atoms with E-state index in [1.165, 1.54) is 0 Å². The van der Waals surface area contributed by atoms with Crippen LogP contribution in [0.2, 0.25) is 0 Å². The number of hydrazone groups is 1. The average molecular weight is 429 g/mol. The van der Waals surface area contributed by atoms with Crippen LogP contribution in [0, 0.1) is 3.57 Å². The van der Waals surface area contributed by atoms with Gasteiger partial charge in [0.25, 0.3) is 5.91 Å². The average Bonchev–Trinajstić information content (AvgIpc) is 2.61. The zero-order valence-corrected chi connectivity index (χ0v) is 15.0. The number of nitrogens with zero attached hydrogens (tertiary/aromatic N) is 1. The molecule has 0 bridgehead atoms. The summed E-state index contributed by atoms with van der Waals surface area (Å²) < 4.78 is 1.09. The van der Waals surface area contributed by atoms with Gasteiger partial charge in [-0.15, -0.1) is 0 Å². The van der Waals surface area contributed by atoms with E-state index >= 15 is 0 Å². The van der Waals surface area contributed by atoms with Crippen LogP contribution in [0.4, 0.5) is 5.69 Å². The number of carbonyl (C=O) groups is 1. The van der Waals surface area contributed by atoms with E-state index in [4.69, 9.17) is 0 Å². The first-order valence-electron chi connectivity index (χ1n) is 7.52. The Morgan fingerprint density at radius 1 is 1.00 bits per heavy atom. The van der Waals surface area contributed by atoms with Crippen molar-refractivity contribution in [1.82, 2.24) is 5.43 Å². The maximum absolute atomic E-state index is 11.9. The molecule has 3 aromatic carbocycles. The van der Waals surface area contributed by atoms with Crippen LogP contribution in [0.25, 0.3) is 10.8 Å². The zero-order chi connectivity index (χ0) is 16.8. The van der Waals surface area contributed by atoms with Crippen molar-refractivity contribution in [1.29, 1.82) is 0 Å². The van der Waals surface area contributed by atoms with E-state index in [9.17, 15) is 4.79 Å². The Balaban J connectivity index is 1.58. The van der Waals surface area contributed by atoms with Crippen molar-refractivity contribution in [2.45, 2.75) is 0 Å². The molecular formula is C19H16IN3O. The molecule has 0 atom stereocenters. The second-order valence-electron chi connectivity index (χ2n) is 5.19. The van der Waals surface area contributed by atoms with Gasteiger partial charge in [-0.3, -0.25) is 4.79 Å². The monoisotopic (exact) mass is 429 g/mol. The van der Waals surface area contributed by atoms with Crippen molar-refractivity contribution >= 4 is 51.2 Å². The lowest BCUT2D eigenvalue weighted by atomic mass is 10.1. The van der Waals surface area contributed by atoms with Gasteiger partial charge < -0.3 is 5.32 Å². The Labute approximate surface area is 154 Å². The van der Waals surface area contributed by atoms with Gasteiger partial charge in [-0.1, -0.05) is 54.6 Å². The maximum Gasteiger partial charge on any atom is 0.259 e. The van der Waals surface area contributed by atoms with E-state index < -0.39 is 0 Å². The molecule has 120 valence electrons. The lowest BCUT2D eigenvalue weighted by Crippen LogP contribution is -2.26. The smallest absolute Gasteiger partial charge is 0.259 e. The molecule has 2 N–H and O–H groups in total. The summed E-state index contributed by atoms with van der Waals surface area (Å²) in [5.41, 5.74) is 4.45. The lowest BCUT2D eigenvalue weighted by molar-refractivity contribution is -0.119. The van der Waals surface area contributed by atoms with Crippen LogP contribution in [0.3, 0.4) is 0 Å². The number of fused-ring (bicyclic) bond motifs is 1. The lowest BCUT2D eigenvalue weighted by Gasteiger charge is -2.08. The Morgan fingerprint density at radius 3 is 2.62 bits per heavy atom. The number of nitrogens with one attached hydrogen (secondary N) is 2. The van der Waals surface area contributed by atoms with Gasteiger partial charge in [0.05, 0.1) is 12.8 Å². The van der Waals surface area contributed by atoms with Crippen molar-refractivity contribution < 1.29 is 4.79 Å². The van der Waals surface area contributed by atoms with Gasteiger partial charge in [-0.25, -0.2) is 5.43 Å². The fraction of sp³-hybridized carbons (Fsp3) is 0.0526. The quantitative estimate of drug-likeness (QED) is 0.366. The fourth-order valence-corrected chi connectivity index (χ4v) is 2.87. The molecule has 0 aromatic heterocycles. The predicted molar refractivity (Wildman–Crippen MR) is 107 cm³/mol. The minimum atomic E-state index is -0.190. The summed E-state index contributed by atoms with van der Waals surface area (Å²) in [6.07, 6.45) is 1.65. The molecule has 0 fully saturated rings. The molecular weight excluding hydrogens is 413 g/mol. The first-order valence-corrected chi connectivity index (χ1v) is 8.60. The van der Waals surface area contributed by atoms with Crippen molar-refractivity contribution in [2.24, 2.45) is 5.10 Å². The second kappa shape index (κ2) is 7.92. The van der Waals surface area contributed by atoms with E-state index in [1.807, 2.05) is 66.7 Å². The SMILES string of the molecule is O=C(CNc1cccc2ccccc12)N/N=C\c1ccccc1I. The number of carbonyl (C=O) groups excluding carboxylic acids is 1. The summed E-state index contributed by atoms with van der Waals surface area (Å²) in [6, 6.07) is 21.9. The highest BCUT2D eigenvalue weighted by Crippen LogP contribution is 2.22. The van der Waals surface area contributed by atoms with Gasteiger partial charge >= 0.3 is 0 Å². The molecule has 0 heterocycles. The number of hydrogen-bond acceptors (Lipinski definition) is 3. The number of anilines is 1. The van der Waals surface area contributed by atoms with Crippen LogP contribution in [-0.2, 0) is 4.79 Å². The third kappa shape index (κ3) is 4.11. The summed E-state index contributed by atoms with van der Waals surface area (Å²) in [4.78, 5) is 11.9. The second-order valence-corrected chi connectivity index (χ2v) is 6.36. The van der Waals surface area contributed by atoms with Crippen LogP contribution >= 0.6 is 22.6 Å². The van der Waals surface area contributed by atoms with E-state index in [1.54, 1.807) is 6.21 Å². The molecule has 0 aliphatic heterocycles. The fourth-order valence-electron chi connectivity index (χ4n) is 2.35. The largest absolute Gasteiger partial charge is 0.376 e. The standard InChI is InChI=1S/C19H16IN3O/c20-17-10-4-2-7-15(17)12-22-23-19(24)13-21-18-11-5-8-14-6-1-3-9-16(14)18/h1-12,21H,13H2,(H,23,24)/b22-12-. The first kappa shape index (κ1) is 16.4. The summed E-state index contributed by atoms with van der Waals surface area (Å²) in [5, 5.41) is 9.40. The van der Waals surface area contributed by atoms with Crippen LogP contribution in [0.5, 0.6) is 0 Å². The third-order valence-electron chi connectivity index (χ3n) is 3.53. The highest BCUT2D eigenvalue weighted by molar-refractivity contribution is 14.1. The summed E-state index contributed by atoms with van der Waals surface area (Å²) >= 11 is 2.23. The van der Waals surface area contributed by atoms with Gasteiger partial charge in [-0.05, 0) is 40.1 Å². The van der Waals surface area contributed by atoms with Gasteiger partial charge in [-0.2, -0.15) is 5.10 Å². The molecule has 0 saturated carbocycles. The number of rotatable bonds is 5. The maximum atomic E-state index is 11.9. The molecule has 4 nitrogen and oxygen atoms in total. The molecule has 0 saturated heterocycles. The Morgan fingerprint density at radius 2 is 1.75 bits per heavy atom. The molecule has 3 rings (SSSR count). The van der Waals surface area contributed by atoms with Crippen molar-refractivity contribution in [3.8, 4) is 0 Å². The molecule has 0 radical (unpaired) electrons. The highest BCUT2D eigenvalue weighted by atomic mass is 127. The molecule has 0 aliphatic carbocycles. The minimum Gasteiger partial charge on any atom is -0.376 e. The van der Waals surface area contributed by atoms with E-state index in [2.05, 4.69) is 38.4 Å². The topological polar surface area (TPSA) is 53.5 Å².